The van der Waals surface area contributed by atoms with Crippen LogP contribution in [0.25, 0.3) is 0 Å². The summed E-state index contributed by atoms with van der Waals surface area (Å²) in [6.45, 7) is 1.75. The molecule has 0 saturated carbocycles. The van der Waals surface area contributed by atoms with Crippen molar-refractivity contribution in [2.75, 3.05) is 19.0 Å². The first kappa shape index (κ1) is 22.9. The molecule has 6 nitrogen and oxygen atoms in total. The number of nitrogens with zero attached hydrogens (tertiary/aromatic N) is 3. The number of anilines is 1. The summed E-state index contributed by atoms with van der Waals surface area (Å²) in [6.07, 6.45) is 2.04. The molecule has 0 bridgehead atoms. The molecule has 166 valence electrons. The summed E-state index contributed by atoms with van der Waals surface area (Å²) in [6, 6.07) is 17.6. The Morgan fingerprint density at radius 2 is 1.62 bits per heavy atom. The van der Waals surface area contributed by atoms with E-state index in [0.29, 0.717) is 17.7 Å². The number of aromatic nitrogens is 1. The Kier molecular flexibility index (Phi) is 7.20. The van der Waals surface area contributed by atoms with E-state index >= 15 is 0 Å². The quantitative estimate of drug-likeness (QED) is 0.566. The van der Waals surface area contributed by atoms with Crippen LogP contribution >= 0.6 is 0 Å². The highest BCUT2D eigenvalue weighted by molar-refractivity contribution is 5.95. The Balaban J connectivity index is 1.80. The number of likely N-dealkylation sites (N-methyl/N-ethyl adjacent to an activating group) is 1. The summed E-state index contributed by atoms with van der Waals surface area (Å²) in [5.74, 6) is -0.914. The Hall–Kier alpha value is -3.74. The number of hydrogen-bond acceptors (Lipinski definition) is 3. The molecule has 32 heavy (non-hydrogen) atoms. The Morgan fingerprint density at radius 1 is 0.969 bits per heavy atom. The molecule has 2 aromatic carbocycles. The van der Waals surface area contributed by atoms with Gasteiger partial charge in [0.15, 0.2) is 0 Å². The lowest BCUT2D eigenvalue weighted by molar-refractivity contribution is -0.118. The van der Waals surface area contributed by atoms with E-state index in [1.165, 1.54) is 39.9 Å². The third-order valence-electron chi connectivity index (χ3n) is 5.48. The van der Waals surface area contributed by atoms with Gasteiger partial charge in [-0.1, -0.05) is 37.3 Å². The number of hydrogen-bond donors (Lipinski definition) is 0. The molecule has 7 heteroatoms. The number of benzene rings is 2. The fourth-order valence-electron chi connectivity index (χ4n) is 3.59. The molecule has 0 radical (unpaired) electrons. The van der Waals surface area contributed by atoms with Gasteiger partial charge in [0.05, 0.1) is 11.6 Å². The van der Waals surface area contributed by atoms with Crippen molar-refractivity contribution in [1.82, 2.24) is 9.47 Å². The Bertz CT molecular complexity index is 1140. The van der Waals surface area contributed by atoms with E-state index < -0.39 is 0 Å². The van der Waals surface area contributed by atoms with E-state index in [0.717, 1.165) is 5.56 Å². The summed E-state index contributed by atoms with van der Waals surface area (Å²) in [5, 5.41) is 0. The maximum absolute atomic E-state index is 13.3. The summed E-state index contributed by atoms with van der Waals surface area (Å²) in [7, 11) is 3.31. The predicted molar refractivity (Wildman–Crippen MR) is 122 cm³/mol. The van der Waals surface area contributed by atoms with Crippen molar-refractivity contribution < 1.29 is 14.0 Å². The van der Waals surface area contributed by atoms with Crippen LogP contribution in [0.3, 0.4) is 0 Å². The molecule has 3 aromatic rings. The average molecular weight is 435 g/mol. The lowest BCUT2D eigenvalue weighted by atomic mass is 10.0. The van der Waals surface area contributed by atoms with E-state index in [4.69, 9.17) is 0 Å². The van der Waals surface area contributed by atoms with Gasteiger partial charge in [-0.3, -0.25) is 14.4 Å². The lowest BCUT2D eigenvalue weighted by Crippen LogP contribution is -2.35. The van der Waals surface area contributed by atoms with E-state index in [1.807, 2.05) is 25.1 Å². The minimum atomic E-state index is -0.371. The molecule has 0 aliphatic rings. The van der Waals surface area contributed by atoms with Crippen LogP contribution in [0.4, 0.5) is 10.1 Å². The van der Waals surface area contributed by atoms with Gasteiger partial charge in [-0.2, -0.15) is 0 Å². The van der Waals surface area contributed by atoms with Crippen LogP contribution in [-0.2, 0) is 11.3 Å². The fourth-order valence-corrected chi connectivity index (χ4v) is 3.59. The van der Waals surface area contributed by atoms with Crippen LogP contribution < -0.4 is 10.5 Å². The van der Waals surface area contributed by atoms with Crippen molar-refractivity contribution in [3.05, 3.63) is 100 Å². The number of pyridine rings is 1. The number of amides is 2. The second-order valence-corrected chi connectivity index (χ2v) is 7.56. The van der Waals surface area contributed by atoms with Gasteiger partial charge in [-0.15, -0.1) is 0 Å². The third kappa shape index (κ3) is 5.11. The number of carbonyl (C=O) groups excluding carboxylic acids is 2. The SMILES string of the molecule is CCC(c1ccc(F)cc1)N(C)C(=O)c1ccc(=O)n(CC(=O)N(C)c2ccccc2)c1. The molecule has 0 N–H and O–H groups in total. The standard InChI is InChI=1S/C25H26FN3O3/c1-4-22(18-10-13-20(26)14-11-18)28(3)25(32)19-12-15-23(30)29(16-19)17-24(31)27(2)21-8-6-5-7-9-21/h5-16,22H,4,17H2,1-3H3. The maximum atomic E-state index is 13.3. The van der Waals surface area contributed by atoms with E-state index in [9.17, 15) is 18.8 Å². The van der Waals surface area contributed by atoms with Crippen LogP contribution in [0.1, 0.15) is 35.3 Å². The summed E-state index contributed by atoms with van der Waals surface area (Å²) >= 11 is 0. The molecule has 1 heterocycles. The molecule has 0 aliphatic carbocycles. The molecule has 2 amide bonds. The summed E-state index contributed by atoms with van der Waals surface area (Å²) < 4.78 is 14.5. The first-order chi connectivity index (χ1) is 15.3. The van der Waals surface area contributed by atoms with Crippen molar-refractivity contribution in [1.29, 1.82) is 0 Å². The monoisotopic (exact) mass is 435 g/mol. The molecular formula is C25H26FN3O3. The van der Waals surface area contributed by atoms with Crippen molar-refractivity contribution >= 4 is 17.5 Å². The van der Waals surface area contributed by atoms with Crippen molar-refractivity contribution in [2.45, 2.75) is 25.9 Å². The largest absolute Gasteiger partial charge is 0.335 e. The van der Waals surface area contributed by atoms with Gasteiger partial charge in [0.2, 0.25) is 5.91 Å². The van der Waals surface area contributed by atoms with Crippen molar-refractivity contribution in [3.63, 3.8) is 0 Å². The van der Waals surface area contributed by atoms with Gasteiger partial charge in [0, 0.05) is 32.0 Å². The minimum Gasteiger partial charge on any atom is -0.335 e. The fraction of sp³-hybridized carbons (Fsp3) is 0.240. The van der Waals surface area contributed by atoms with Crippen LogP contribution in [-0.4, -0.2) is 35.4 Å². The normalized spacial score (nSPS) is 11.6. The van der Waals surface area contributed by atoms with Crippen LogP contribution in [0, 0.1) is 5.82 Å². The molecule has 0 fully saturated rings. The molecule has 0 saturated heterocycles. The summed E-state index contributed by atoms with van der Waals surface area (Å²) in [4.78, 5) is 41.2. The van der Waals surface area contributed by atoms with E-state index in [1.54, 1.807) is 43.3 Å². The molecular weight excluding hydrogens is 409 g/mol. The zero-order valence-corrected chi connectivity index (χ0v) is 18.4. The van der Waals surface area contributed by atoms with Gasteiger partial charge >= 0.3 is 0 Å². The topological polar surface area (TPSA) is 62.6 Å². The van der Waals surface area contributed by atoms with Gasteiger partial charge in [-0.25, -0.2) is 4.39 Å². The van der Waals surface area contributed by atoms with Gasteiger partial charge in [0.25, 0.3) is 11.5 Å². The summed E-state index contributed by atoms with van der Waals surface area (Å²) in [5.41, 5.74) is 1.45. The highest BCUT2D eigenvalue weighted by atomic mass is 19.1. The molecule has 1 aromatic heterocycles. The number of carbonyl (C=O) groups is 2. The number of para-hydroxylation sites is 1. The van der Waals surface area contributed by atoms with Gasteiger partial charge < -0.3 is 14.4 Å². The van der Waals surface area contributed by atoms with E-state index in [-0.39, 0.29) is 35.8 Å². The molecule has 1 atom stereocenters. The number of halogens is 1. The van der Waals surface area contributed by atoms with Gasteiger partial charge in [-0.05, 0) is 42.3 Å². The first-order valence-electron chi connectivity index (χ1n) is 10.4. The van der Waals surface area contributed by atoms with Crippen LogP contribution in [0.15, 0.2) is 77.7 Å². The predicted octanol–water partition coefficient (Wildman–Crippen LogP) is 3.87. The van der Waals surface area contributed by atoms with Crippen LogP contribution in [0.2, 0.25) is 0 Å². The average Bonchev–Trinajstić information content (AvgIpc) is 2.81. The zero-order valence-electron chi connectivity index (χ0n) is 18.4. The highest BCUT2D eigenvalue weighted by Crippen LogP contribution is 2.24. The van der Waals surface area contributed by atoms with Crippen molar-refractivity contribution in [2.24, 2.45) is 0 Å². The van der Waals surface area contributed by atoms with Crippen molar-refractivity contribution in [3.8, 4) is 0 Å². The van der Waals surface area contributed by atoms with Crippen LogP contribution in [0.5, 0.6) is 0 Å². The molecule has 3 rings (SSSR count). The smallest absolute Gasteiger partial charge is 0.255 e. The highest BCUT2D eigenvalue weighted by Gasteiger charge is 2.22. The molecule has 1 unspecified atom stereocenters. The van der Waals surface area contributed by atoms with E-state index in [2.05, 4.69) is 0 Å². The zero-order chi connectivity index (χ0) is 23.3. The second-order valence-electron chi connectivity index (χ2n) is 7.56. The number of rotatable bonds is 7. The molecule has 0 aliphatic heterocycles. The first-order valence-corrected chi connectivity index (χ1v) is 10.4. The Morgan fingerprint density at radius 3 is 2.25 bits per heavy atom. The third-order valence-corrected chi connectivity index (χ3v) is 5.48. The molecule has 0 spiro atoms. The second kappa shape index (κ2) is 10.0. The van der Waals surface area contributed by atoms with Gasteiger partial charge in [0.1, 0.15) is 12.4 Å². The maximum Gasteiger partial charge on any atom is 0.255 e. The lowest BCUT2D eigenvalue weighted by Gasteiger charge is -2.28. The Labute approximate surface area is 186 Å². The minimum absolute atomic E-state index is 0.190.